The monoisotopic (exact) mass is 269 g/mol. The molecule has 0 saturated carbocycles. The van der Waals surface area contributed by atoms with Crippen molar-refractivity contribution in [2.75, 3.05) is 23.9 Å². The van der Waals surface area contributed by atoms with E-state index in [0.717, 1.165) is 18.5 Å². The van der Waals surface area contributed by atoms with Gasteiger partial charge in [-0.05, 0) is 6.07 Å². The minimum absolute atomic E-state index is 0.0415. The molecule has 0 aliphatic heterocycles. The Morgan fingerprint density at radius 3 is 2.59 bits per heavy atom. The number of sulfone groups is 1. The van der Waals surface area contributed by atoms with Gasteiger partial charge in [-0.3, -0.25) is 0 Å². The number of nitrogens with one attached hydrogen (secondary N) is 1. The van der Waals surface area contributed by atoms with E-state index < -0.39 is 21.7 Å². The smallest absolute Gasteiger partial charge is 0.353 e. The van der Waals surface area contributed by atoms with E-state index in [1.165, 1.54) is 0 Å². The molecule has 0 spiro atoms. The Balaban J connectivity index is 2.67. The van der Waals surface area contributed by atoms with Gasteiger partial charge in [-0.25, -0.2) is 18.4 Å². The van der Waals surface area contributed by atoms with Crippen LogP contribution >= 0.6 is 0 Å². The molecular formula is C8H10F3N3O2S. The molecule has 0 unspecified atom stereocenters. The predicted octanol–water partition coefficient (Wildman–Crippen LogP) is 0.952. The Morgan fingerprint density at radius 2 is 2.06 bits per heavy atom. The minimum atomic E-state index is -4.55. The summed E-state index contributed by atoms with van der Waals surface area (Å²) in [6.45, 7) is -0.0415. The highest BCUT2D eigenvalue weighted by molar-refractivity contribution is 7.90. The van der Waals surface area contributed by atoms with Crippen LogP contribution in [-0.4, -0.2) is 36.9 Å². The SMILES string of the molecule is CS(=O)(=O)CCNc1nccc(C(F)(F)F)n1. The molecule has 0 aliphatic carbocycles. The van der Waals surface area contributed by atoms with Gasteiger partial charge >= 0.3 is 6.18 Å². The van der Waals surface area contributed by atoms with E-state index in [1.807, 2.05) is 0 Å². The minimum Gasteiger partial charge on any atom is -0.353 e. The summed E-state index contributed by atoms with van der Waals surface area (Å²) in [6, 6.07) is 0.738. The summed E-state index contributed by atoms with van der Waals surface area (Å²) in [4.78, 5) is 6.78. The summed E-state index contributed by atoms with van der Waals surface area (Å²) in [7, 11) is -3.17. The van der Waals surface area contributed by atoms with Crippen LogP contribution in [0.4, 0.5) is 19.1 Å². The number of halogens is 3. The average Bonchev–Trinajstić information content (AvgIpc) is 2.15. The van der Waals surface area contributed by atoms with Crippen molar-refractivity contribution in [3.05, 3.63) is 18.0 Å². The molecule has 1 aromatic rings. The molecule has 9 heteroatoms. The number of aromatic nitrogens is 2. The fraction of sp³-hybridized carbons (Fsp3) is 0.500. The van der Waals surface area contributed by atoms with Crippen molar-refractivity contribution in [2.24, 2.45) is 0 Å². The fourth-order valence-electron chi connectivity index (χ4n) is 0.950. The van der Waals surface area contributed by atoms with Crippen molar-refractivity contribution in [1.29, 1.82) is 0 Å². The van der Waals surface area contributed by atoms with Gasteiger partial charge in [-0.2, -0.15) is 13.2 Å². The van der Waals surface area contributed by atoms with E-state index in [2.05, 4.69) is 15.3 Å². The first-order chi connectivity index (χ1) is 7.68. The van der Waals surface area contributed by atoms with Crippen LogP contribution in [-0.2, 0) is 16.0 Å². The van der Waals surface area contributed by atoms with E-state index in [-0.39, 0.29) is 18.2 Å². The van der Waals surface area contributed by atoms with Crippen LogP contribution in [0.25, 0.3) is 0 Å². The summed E-state index contributed by atoms with van der Waals surface area (Å²) in [5, 5.41) is 2.41. The maximum absolute atomic E-state index is 12.3. The quantitative estimate of drug-likeness (QED) is 0.881. The van der Waals surface area contributed by atoms with Crippen LogP contribution in [0.5, 0.6) is 0 Å². The summed E-state index contributed by atoms with van der Waals surface area (Å²) >= 11 is 0. The number of hydrogen-bond acceptors (Lipinski definition) is 5. The number of anilines is 1. The van der Waals surface area contributed by atoms with E-state index in [1.54, 1.807) is 0 Å². The lowest BCUT2D eigenvalue weighted by molar-refractivity contribution is -0.141. The largest absolute Gasteiger partial charge is 0.433 e. The van der Waals surface area contributed by atoms with E-state index in [4.69, 9.17) is 0 Å². The maximum atomic E-state index is 12.3. The van der Waals surface area contributed by atoms with Gasteiger partial charge in [0.1, 0.15) is 15.5 Å². The Morgan fingerprint density at radius 1 is 1.41 bits per heavy atom. The Kier molecular flexibility index (Phi) is 3.91. The molecule has 0 saturated heterocycles. The molecule has 5 nitrogen and oxygen atoms in total. The molecule has 0 bridgehead atoms. The maximum Gasteiger partial charge on any atom is 0.433 e. The third kappa shape index (κ3) is 4.98. The third-order valence-electron chi connectivity index (χ3n) is 1.70. The highest BCUT2D eigenvalue weighted by atomic mass is 32.2. The van der Waals surface area contributed by atoms with Crippen LogP contribution in [0.1, 0.15) is 5.69 Å². The van der Waals surface area contributed by atoms with E-state index in [9.17, 15) is 21.6 Å². The van der Waals surface area contributed by atoms with Gasteiger partial charge in [0.05, 0.1) is 5.75 Å². The van der Waals surface area contributed by atoms with E-state index in [0.29, 0.717) is 0 Å². The zero-order valence-electron chi connectivity index (χ0n) is 8.82. The van der Waals surface area contributed by atoms with Crippen molar-refractivity contribution < 1.29 is 21.6 Å². The van der Waals surface area contributed by atoms with Crippen molar-refractivity contribution in [3.8, 4) is 0 Å². The molecule has 1 aromatic heterocycles. The lowest BCUT2D eigenvalue weighted by Crippen LogP contribution is -2.17. The van der Waals surface area contributed by atoms with Gasteiger partial charge in [0.25, 0.3) is 0 Å². The second-order valence-electron chi connectivity index (χ2n) is 3.32. The molecule has 0 atom stereocenters. The molecule has 0 amide bonds. The van der Waals surface area contributed by atoms with Crippen molar-refractivity contribution in [2.45, 2.75) is 6.18 Å². The summed E-state index contributed by atoms with van der Waals surface area (Å²) in [5.74, 6) is -0.449. The molecule has 0 aliphatic rings. The summed E-state index contributed by atoms with van der Waals surface area (Å²) in [6.07, 6.45) is -2.56. The van der Waals surface area contributed by atoms with Crippen LogP contribution in [0.15, 0.2) is 12.3 Å². The van der Waals surface area contributed by atoms with Crippen molar-refractivity contribution >= 4 is 15.8 Å². The van der Waals surface area contributed by atoms with E-state index >= 15 is 0 Å². The molecule has 0 aromatic carbocycles. The van der Waals surface area contributed by atoms with Crippen LogP contribution in [0, 0.1) is 0 Å². The molecule has 0 radical (unpaired) electrons. The molecule has 96 valence electrons. The molecule has 1 N–H and O–H groups in total. The molecule has 17 heavy (non-hydrogen) atoms. The summed E-state index contributed by atoms with van der Waals surface area (Å²) in [5.41, 5.74) is -1.07. The number of nitrogens with zero attached hydrogens (tertiary/aromatic N) is 2. The van der Waals surface area contributed by atoms with Gasteiger partial charge in [0.15, 0.2) is 0 Å². The van der Waals surface area contributed by atoms with Crippen molar-refractivity contribution in [3.63, 3.8) is 0 Å². The molecular weight excluding hydrogens is 259 g/mol. The zero-order chi connectivity index (χ0) is 13.1. The van der Waals surface area contributed by atoms with Gasteiger partial charge in [0.2, 0.25) is 5.95 Å². The predicted molar refractivity (Wildman–Crippen MR) is 55.2 cm³/mol. The number of alkyl halides is 3. The normalized spacial score (nSPS) is 12.5. The first kappa shape index (κ1) is 13.7. The Bertz CT molecular complexity index is 487. The third-order valence-corrected chi connectivity index (χ3v) is 2.65. The first-order valence-corrected chi connectivity index (χ1v) is 6.56. The molecule has 1 rings (SSSR count). The molecule has 0 fully saturated rings. The van der Waals surface area contributed by atoms with Crippen LogP contribution < -0.4 is 5.32 Å². The van der Waals surface area contributed by atoms with Gasteiger partial charge in [-0.15, -0.1) is 0 Å². The zero-order valence-corrected chi connectivity index (χ0v) is 9.64. The lowest BCUT2D eigenvalue weighted by atomic mass is 10.4. The number of rotatable bonds is 4. The van der Waals surface area contributed by atoms with Gasteiger partial charge < -0.3 is 5.32 Å². The van der Waals surface area contributed by atoms with Crippen LogP contribution in [0.3, 0.4) is 0 Å². The lowest BCUT2D eigenvalue weighted by Gasteiger charge is -2.07. The topological polar surface area (TPSA) is 72.0 Å². The highest BCUT2D eigenvalue weighted by Gasteiger charge is 2.32. The fourth-order valence-corrected chi connectivity index (χ4v) is 1.42. The Labute approximate surface area is 96.0 Å². The highest BCUT2D eigenvalue weighted by Crippen LogP contribution is 2.27. The van der Waals surface area contributed by atoms with Crippen molar-refractivity contribution in [1.82, 2.24) is 9.97 Å². The first-order valence-electron chi connectivity index (χ1n) is 4.50. The number of hydrogen-bond donors (Lipinski definition) is 1. The Hall–Kier alpha value is -1.38. The van der Waals surface area contributed by atoms with Crippen LogP contribution in [0.2, 0.25) is 0 Å². The average molecular weight is 269 g/mol. The summed E-state index contributed by atoms with van der Waals surface area (Å²) < 4.78 is 58.4. The second kappa shape index (κ2) is 4.86. The standard InChI is InChI=1S/C8H10F3N3O2S/c1-17(15,16)5-4-13-7-12-3-2-6(14-7)8(9,10)11/h2-3H,4-5H2,1H3,(H,12,13,14). The van der Waals surface area contributed by atoms with Gasteiger partial charge in [-0.1, -0.05) is 0 Å². The molecule has 1 heterocycles. The van der Waals surface area contributed by atoms with Gasteiger partial charge in [0, 0.05) is 19.0 Å². The second-order valence-corrected chi connectivity index (χ2v) is 5.58.